The molecule has 2 rings (SSSR count). The first-order chi connectivity index (χ1) is 12.0. The number of hydrogen-bond donors (Lipinski definition) is 2. The highest BCUT2D eigenvalue weighted by Gasteiger charge is 2.09. The molecule has 7 nitrogen and oxygen atoms in total. The van der Waals surface area contributed by atoms with Gasteiger partial charge < -0.3 is 10.6 Å². The molecular weight excluding hydrogens is 344 g/mol. The van der Waals surface area contributed by atoms with Crippen molar-refractivity contribution in [1.29, 1.82) is 5.26 Å². The lowest BCUT2D eigenvalue weighted by Crippen LogP contribution is -2.24. The summed E-state index contributed by atoms with van der Waals surface area (Å²) in [6.07, 6.45) is 1.25. The molecule has 0 aromatic heterocycles. The van der Waals surface area contributed by atoms with Crippen molar-refractivity contribution in [3.8, 4) is 6.07 Å². The standard InChI is InChI=1S/C17H13ClN4O3/c18-14-3-1-12(2-4-14)10-21-17(23)13(9-19)11-20-15-5-7-16(8-6-15)22(24)25/h1-8,11,20H,10H2,(H,21,23)/b13-11-. The first kappa shape index (κ1) is 18.0. The van der Waals surface area contributed by atoms with E-state index in [0.29, 0.717) is 10.7 Å². The van der Waals surface area contributed by atoms with Crippen LogP contribution in [0.1, 0.15) is 5.56 Å². The molecule has 0 saturated heterocycles. The fraction of sp³-hybridized carbons (Fsp3) is 0.0588. The molecule has 0 aliphatic rings. The summed E-state index contributed by atoms with van der Waals surface area (Å²) in [5.41, 5.74) is 1.20. The molecule has 2 aromatic carbocycles. The fourth-order valence-corrected chi connectivity index (χ4v) is 1.99. The highest BCUT2D eigenvalue weighted by atomic mass is 35.5. The highest BCUT2D eigenvalue weighted by Crippen LogP contribution is 2.15. The zero-order valence-corrected chi connectivity index (χ0v) is 13.7. The number of halogens is 1. The Morgan fingerprint density at radius 2 is 1.84 bits per heavy atom. The number of nitrogens with zero attached hydrogens (tertiary/aromatic N) is 2. The number of rotatable bonds is 6. The second kappa shape index (κ2) is 8.47. The predicted molar refractivity (Wildman–Crippen MR) is 93.7 cm³/mol. The van der Waals surface area contributed by atoms with Crippen molar-refractivity contribution in [2.75, 3.05) is 5.32 Å². The molecule has 0 unspecified atom stereocenters. The summed E-state index contributed by atoms with van der Waals surface area (Å²) in [7, 11) is 0. The van der Waals surface area contributed by atoms with Gasteiger partial charge in [0.05, 0.1) is 4.92 Å². The third-order valence-corrected chi connectivity index (χ3v) is 3.44. The van der Waals surface area contributed by atoms with Crippen LogP contribution >= 0.6 is 11.6 Å². The number of hydrogen-bond acceptors (Lipinski definition) is 5. The lowest BCUT2D eigenvalue weighted by atomic mass is 10.2. The van der Waals surface area contributed by atoms with Crippen LogP contribution in [0.2, 0.25) is 5.02 Å². The van der Waals surface area contributed by atoms with E-state index in [1.54, 1.807) is 30.3 Å². The maximum atomic E-state index is 12.0. The first-order valence-electron chi connectivity index (χ1n) is 7.13. The van der Waals surface area contributed by atoms with Gasteiger partial charge in [-0.2, -0.15) is 5.26 Å². The minimum absolute atomic E-state index is 0.0456. The van der Waals surface area contributed by atoms with E-state index in [2.05, 4.69) is 10.6 Å². The maximum absolute atomic E-state index is 12.0. The molecule has 0 heterocycles. The van der Waals surface area contributed by atoms with Crippen LogP contribution < -0.4 is 10.6 Å². The molecule has 0 aliphatic carbocycles. The van der Waals surface area contributed by atoms with E-state index in [0.717, 1.165) is 5.56 Å². The van der Waals surface area contributed by atoms with Crippen molar-refractivity contribution in [1.82, 2.24) is 5.32 Å². The lowest BCUT2D eigenvalue weighted by Gasteiger charge is -2.05. The monoisotopic (exact) mass is 356 g/mol. The fourth-order valence-electron chi connectivity index (χ4n) is 1.86. The Hall–Kier alpha value is -3.37. The zero-order valence-electron chi connectivity index (χ0n) is 12.9. The molecule has 0 fully saturated rings. The SMILES string of the molecule is N#C/C(=C/Nc1ccc([N+](=O)[O-])cc1)C(=O)NCc1ccc(Cl)cc1. The van der Waals surface area contributed by atoms with Crippen molar-refractivity contribution >= 4 is 28.9 Å². The number of nitrogens with one attached hydrogen (secondary N) is 2. The molecule has 0 radical (unpaired) electrons. The summed E-state index contributed by atoms with van der Waals surface area (Å²) in [4.78, 5) is 22.1. The van der Waals surface area contributed by atoms with Crippen LogP contribution in [0.3, 0.4) is 0 Å². The van der Waals surface area contributed by atoms with Crippen LogP contribution in [-0.2, 0) is 11.3 Å². The summed E-state index contributed by atoms with van der Waals surface area (Å²) < 4.78 is 0. The molecule has 126 valence electrons. The molecule has 0 atom stereocenters. The Morgan fingerprint density at radius 3 is 2.40 bits per heavy atom. The summed E-state index contributed by atoms with van der Waals surface area (Å²) in [5, 5.41) is 25.7. The van der Waals surface area contributed by atoms with E-state index >= 15 is 0 Å². The third kappa shape index (κ3) is 5.34. The van der Waals surface area contributed by atoms with Gasteiger partial charge in [-0.1, -0.05) is 23.7 Å². The van der Waals surface area contributed by atoms with Gasteiger partial charge in [-0.15, -0.1) is 0 Å². The van der Waals surface area contributed by atoms with Crippen molar-refractivity contribution < 1.29 is 9.72 Å². The van der Waals surface area contributed by atoms with E-state index in [1.807, 2.05) is 0 Å². The second-order valence-electron chi connectivity index (χ2n) is 4.93. The average molecular weight is 357 g/mol. The predicted octanol–water partition coefficient (Wildman–Crippen LogP) is 3.38. The first-order valence-corrected chi connectivity index (χ1v) is 7.51. The average Bonchev–Trinajstić information content (AvgIpc) is 2.62. The Labute approximate surface area is 148 Å². The Balaban J connectivity index is 1.96. The topological polar surface area (TPSA) is 108 Å². The Bertz CT molecular complexity index is 840. The molecule has 2 aromatic rings. The quantitative estimate of drug-likeness (QED) is 0.357. The van der Waals surface area contributed by atoms with Gasteiger partial charge in [0, 0.05) is 35.6 Å². The van der Waals surface area contributed by atoms with Crippen LogP contribution in [0.5, 0.6) is 0 Å². The lowest BCUT2D eigenvalue weighted by molar-refractivity contribution is -0.384. The summed E-state index contributed by atoms with van der Waals surface area (Å²) in [6, 6.07) is 14.4. The number of anilines is 1. The molecule has 0 aliphatic heterocycles. The van der Waals surface area contributed by atoms with E-state index < -0.39 is 10.8 Å². The van der Waals surface area contributed by atoms with Crippen molar-refractivity contribution in [3.63, 3.8) is 0 Å². The minimum Gasteiger partial charge on any atom is -0.360 e. The number of amides is 1. The van der Waals surface area contributed by atoms with Crippen LogP contribution in [-0.4, -0.2) is 10.8 Å². The number of nitriles is 1. The number of nitro groups is 1. The molecular formula is C17H13ClN4O3. The smallest absolute Gasteiger partial charge is 0.269 e. The number of nitro benzene ring substituents is 1. The van der Waals surface area contributed by atoms with E-state index in [1.165, 1.54) is 30.5 Å². The van der Waals surface area contributed by atoms with Crippen LogP contribution in [0.25, 0.3) is 0 Å². The van der Waals surface area contributed by atoms with Crippen LogP contribution in [0.15, 0.2) is 60.3 Å². The van der Waals surface area contributed by atoms with Gasteiger partial charge in [-0.3, -0.25) is 14.9 Å². The molecule has 0 spiro atoms. The van der Waals surface area contributed by atoms with Gasteiger partial charge in [0.2, 0.25) is 0 Å². The number of non-ortho nitro benzene ring substituents is 1. The van der Waals surface area contributed by atoms with E-state index in [9.17, 15) is 14.9 Å². The van der Waals surface area contributed by atoms with Gasteiger partial charge >= 0.3 is 0 Å². The number of benzene rings is 2. The van der Waals surface area contributed by atoms with Gasteiger partial charge in [-0.25, -0.2) is 0 Å². The molecule has 0 bridgehead atoms. The van der Waals surface area contributed by atoms with Crippen molar-refractivity contribution in [2.45, 2.75) is 6.54 Å². The van der Waals surface area contributed by atoms with Crippen LogP contribution in [0.4, 0.5) is 11.4 Å². The summed E-state index contributed by atoms with van der Waals surface area (Å²) in [5.74, 6) is -0.535. The maximum Gasteiger partial charge on any atom is 0.269 e. The number of carbonyl (C=O) groups excluding carboxylic acids is 1. The molecule has 1 amide bonds. The van der Waals surface area contributed by atoms with Crippen molar-refractivity contribution in [2.24, 2.45) is 0 Å². The molecule has 2 N–H and O–H groups in total. The summed E-state index contributed by atoms with van der Waals surface area (Å²) in [6.45, 7) is 0.257. The van der Waals surface area contributed by atoms with Gasteiger partial charge in [0.15, 0.2) is 0 Å². The van der Waals surface area contributed by atoms with Gasteiger partial charge in [-0.05, 0) is 29.8 Å². The van der Waals surface area contributed by atoms with E-state index in [-0.39, 0.29) is 17.8 Å². The van der Waals surface area contributed by atoms with Gasteiger partial charge in [0.1, 0.15) is 11.6 Å². The second-order valence-corrected chi connectivity index (χ2v) is 5.36. The molecule has 0 saturated carbocycles. The number of carbonyl (C=O) groups is 1. The zero-order chi connectivity index (χ0) is 18.2. The Kier molecular flexibility index (Phi) is 6.09. The molecule has 8 heteroatoms. The molecule has 25 heavy (non-hydrogen) atoms. The Morgan fingerprint density at radius 1 is 1.20 bits per heavy atom. The van der Waals surface area contributed by atoms with Crippen LogP contribution in [0, 0.1) is 21.4 Å². The summed E-state index contributed by atoms with van der Waals surface area (Å²) >= 11 is 5.79. The highest BCUT2D eigenvalue weighted by molar-refractivity contribution is 6.30. The van der Waals surface area contributed by atoms with Gasteiger partial charge in [0.25, 0.3) is 11.6 Å². The normalized spacial score (nSPS) is 10.6. The van der Waals surface area contributed by atoms with Crippen molar-refractivity contribution in [3.05, 3.63) is 81.0 Å². The minimum atomic E-state index is -0.535. The largest absolute Gasteiger partial charge is 0.360 e. The van der Waals surface area contributed by atoms with E-state index in [4.69, 9.17) is 16.9 Å². The third-order valence-electron chi connectivity index (χ3n) is 3.19.